The van der Waals surface area contributed by atoms with Crippen molar-refractivity contribution in [3.05, 3.63) is 29.3 Å². The van der Waals surface area contributed by atoms with Crippen molar-refractivity contribution in [3.63, 3.8) is 0 Å². The van der Waals surface area contributed by atoms with Crippen LogP contribution >= 0.6 is 0 Å². The maximum atomic E-state index is 11.9. The number of amides is 1. The molecule has 0 aromatic heterocycles. The molecule has 0 aliphatic carbocycles. The first kappa shape index (κ1) is 11.8. The average molecular weight is 231 g/mol. The second-order valence-corrected chi connectivity index (χ2v) is 4.78. The van der Waals surface area contributed by atoms with Gasteiger partial charge >= 0.3 is 0 Å². The maximum absolute atomic E-state index is 11.9. The molecule has 0 N–H and O–H groups in total. The van der Waals surface area contributed by atoms with E-state index in [-0.39, 0.29) is 17.6 Å². The molecule has 3 heteroatoms. The zero-order valence-corrected chi connectivity index (χ0v) is 10.5. The van der Waals surface area contributed by atoms with Gasteiger partial charge in [0.05, 0.1) is 0 Å². The van der Waals surface area contributed by atoms with Gasteiger partial charge in [-0.2, -0.15) is 0 Å². The summed E-state index contributed by atoms with van der Waals surface area (Å²) in [7, 11) is 0. The van der Waals surface area contributed by atoms with Crippen LogP contribution in [0, 0.1) is 5.92 Å². The summed E-state index contributed by atoms with van der Waals surface area (Å²) >= 11 is 0. The molecule has 2 rings (SSSR count). The molecule has 1 aromatic rings. The summed E-state index contributed by atoms with van der Waals surface area (Å²) in [5, 5.41) is 0. The van der Waals surface area contributed by atoms with Crippen LogP contribution in [-0.2, 0) is 11.2 Å². The van der Waals surface area contributed by atoms with E-state index in [1.165, 1.54) is 0 Å². The van der Waals surface area contributed by atoms with Crippen molar-refractivity contribution in [1.29, 1.82) is 0 Å². The molecule has 90 valence electrons. The number of carbonyl (C=O) groups excluding carboxylic acids is 2. The van der Waals surface area contributed by atoms with E-state index in [1.54, 1.807) is 11.8 Å². The normalized spacial score (nSPS) is 14.0. The van der Waals surface area contributed by atoms with Crippen molar-refractivity contribution >= 4 is 17.4 Å². The van der Waals surface area contributed by atoms with Gasteiger partial charge in [-0.15, -0.1) is 0 Å². The number of hydrogen-bond donors (Lipinski definition) is 0. The molecule has 0 unspecified atom stereocenters. The molecule has 1 aromatic carbocycles. The molecular formula is C14H17NO2. The predicted molar refractivity (Wildman–Crippen MR) is 67.3 cm³/mol. The summed E-state index contributed by atoms with van der Waals surface area (Å²) < 4.78 is 0. The van der Waals surface area contributed by atoms with Crippen molar-refractivity contribution in [1.82, 2.24) is 0 Å². The Bertz CT molecular complexity index is 477. The summed E-state index contributed by atoms with van der Waals surface area (Å²) in [6.45, 7) is 6.10. The lowest BCUT2D eigenvalue weighted by Gasteiger charge is -2.15. The number of Topliss-reactive ketones (excluding diaryl/α,β-unsaturated/α-hetero) is 1. The van der Waals surface area contributed by atoms with Gasteiger partial charge in [-0.25, -0.2) is 0 Å². The van der Waals surface area contributed by atoms with Gasteiger partial charge in [0.2, 0.25) is 5.91 Å². The van der Waals surface area contributed by atoms with Crippen LogP contribution in [0.4, 0.5) is 5.69 Å². The first-order valence-electron chi connectivity index (χ1n) is 5.96. The van der Waals surface area contributed by atoms with Crippen molar-refractivity contribution in [2.45, 2.75) is 27.2 Å². The number of fused-ring (bicyclic) bond motifs is 1. The average Bonchev–Trinajstić information content (AvgIpc) is 2.70. The number of ketones is 1. The Morgan fingerprint density at radius 2 is 2.00 bits per heavy atom. The van der Waals surface area contributed by atoms with E-state index >= 15 is 0 Å². The fourth-order valence-electron chi connectivity index (χ4n) is 2.22. The number of rotatable bonds is 2. The van der Waals surface area contributed by atoms with E-state index in [1.807, 2.05) is 32.0 Å². The van der Waals surface area contributed by atoms with E-state index in [4.69, 9.17) is 0 Å². The minimum Gasteiger partial charge on any atom is -0.312 e. The van der Waals surface area contributed by atoms with Crippen LogP contribution in [0.15, 0.2) is 18.2 Å². The summed E-state index contributed by atoms with van der Waals surface area (Å²) in [5.74, 6) is 0.235. The molecule has 1 amide bonds. The zero-order valence-electron chi connectivity index (χ0n) is 10.5. The molecule has 0 radical (unpaired) electrons. The van der Waals surface area contributed by atoms with Crippen LogP contribution in [0.1, 0.15) is 36.7 Å². The Hall–Kier alpha value is -1.64. The molecule has 1 aliphatic heterocycles. The van der Waals surface area contributed by atoms with E-state index in [0.29, 0.717) is 0 Å². The summed E-state index contributed by atoms with van der Waals surface area (Å²) in [5.41, 5.74) is 2.81. The highest BCUT2D eigenvalue weighted by molar-refractivity contribution is 5.99. The van der Waals surface area contributed by atoms with Gasteiger partial charge in [-0.3, -0.25) is 9.59 Å². The fourth-order valence-corrected chi connectivity index (χ4v) is 2.22. The van der Waals surface area contributed by atoms with Crippen LogP contribution < -0.4 is 4.90 Å². The summed E-state index contributed by atoms with van der Waals surface area (Å²) in [4.78, 5) is 25.0. The molecule has 0 atom stereocenters. The SMILES string of the molecule is CC(=O)N1CCc2cc(C(=O)C(C)C)ccc21. The summed E-state index contributed by atoms with van der Waals surface area (Å²) in [6, 6.07) is 5.64. The maximum Gasteiger partial charge on any atom is 0.223 e. The fraction of sp³-hybridized carbons (Fsp3) is 0.429. The largest absolute Gasteiger partial charge is 0.312 e. The number of anilines is 1. The highest BCUT2D eigenvalue weighted by Crippen LogP contribution is 2.29. The predicted octanol–water partition coefficient (Wildman–Crippen LogP) is 2.43. The molecule has 0 bridgehead atoms. The van der Waals surface area contributed by atoms with E-state index in [9.17, 15) is 9.59 Å². The first-order valence-corrected chi connectivity index (χ1v) is 5.96. The van der Waals surface area contributed by atoms with Gasteiger partial charge in [0.25, 0.3) is 0 Å². The second-order valence-electron chi connectivity index (χ2n) is 4.78. The standard InChI is InChI=1S/C14H17NO2/c1-9(2)14(17)12-4-5-13-11(8-12)6-7-15(13)10(3)16/h4-5,8-9H,6-7H2,1-3H3. The molecule has 0 saturated heterocycles. The van der Waals surface area contributed by atoms with Crippen LogP contribution in [-0.4, -0.2) is 18.2 Å². The molecule has 3 nitrogen and oxygen atoms in total. The smallest absolute Gasteiger partial charge is 0.223 e. The van der Waals surface area contributed by atoms with Crippen LogP contribution in [0.3, 0.4) is 0 Å². The monoisotopic (exact) mass is 231 g/mol. The first-order chi connectivity index (χ1) is 8.00. The zero-order chi connectivity index (χ0) is 12.6. The molecule has 0 saturated carbocycles. The lowest BCUT2D eigenvalue weighted by molar-refractivity contribution is -0.116. The van der Waals surface area contributed by atoms with Crippen molar-refractivity contribution < 1.29 is 9.59 Å². The van der Waals surface area contributed by atoms with Crippen molar-refractivity contribution in [2.24, 2.45) is 5.92 Å². The van der Waals surface area contributed by atoms with Crippen LogP contribution in [0.25, 0.3) is 0 Å². The van der Waals surface area contributed by atoms with Gasteiger partial charge in [0.1, 0.15) is 0 Å². The van der Waals surface area contributed by atoms with Gasteiger partial charge in [-0.05, 0) is 30.2 Å². The summed E-state index contributed by atoms with van der Waals surface area (Å²) in [6.07, 6.45) is 0.841. The van der Waals surface area contributed by atoms with Crippen LogP contribution in [0.2, 0.25) is 0 Å². The molecule has 17 heavy (non-hydrogen) atoms. The number of hydrogen-bond acceptors (Lipinski definition) is 2. The Kier molecular flexibility index (Phi) is 3.01. The minimum atomic E-state index is 0.0124. The van der Waals surface area contributed by atoms with E-state index < -0.39 is 0 Å². The lowest BCUT2D eigenvalue weighted by Crippen LogP contribution is -2.25. The lowest BCUT2D eigenvalue weighted by atomic mass is 9.98. The number of carbonyl (C=O) groups is 2. The highest BCUT2D eigenvalue weighted by Gasteiger charge is 2.23. The van der Waals surface area contributed by atoms with E-state index in [0.717, 1.165) is 29.8 Å². The Morgan fingerprint density at radius 1 is 1.29 bits per heavy atom. The third-order valence-corrected chi connectivity index (χ3v) is 3.16. The number of benzene rings is 1. The number of nitrogens with zero attached hydrogens (tertiary/aromatic N) is 1. The Balaban J connectivity index is 2.35. The van der Waals surface area contributed by atoms with Gasteiger partial charge in [0.15, 0.2) is 5.78 Å². The second kappa shape index (κ2) is 4.32. The van der Waals surface area contributed by atoms with Gasteiger partial charge in [-0.1, -0.05) is 13.8 Å². The molecule has 1 aliphatic rings. The molecule has 1 heterocycles. The van der Waals surface area contributed by atoms with Crippen LogP contribution in [0.5, 0.6) is 0 Å². The molecule has 0 fully saturated rings. The molecular weight excluding hydrogens is 214 g/mol. The van der Waals surface area contributed by atoms with Gasteiger partial charge in [0, 0.05) is 30.6 Å². The highest BCUT2D eigenvalue weighted by atomic mass is 16.2. The Labute approximate surface area is 101 Å². The third kappa shape index (κ3) is 2.09. The topological polar surface area (TPSA) is 37.4 Å². The minimum absolute atomic E-state index is 0.0124. The third-order valence-electron chi connectivity index (χ3n) is 3.16. The van der Waals surface area contributed by atoms with Crippen molar-refractivity contribution in [3.8, 4) is 0 Å². The van der Waals surface area contributed by atoms with E-state index in [2.05, 4.69) is 0 Å². The van der Waals surface area contributed by atoms with Crippen molar-refractivity contribution in [2.75, 3.05) is 11.4 Å². The van der Waals surface area contributed by atoms with Gasteiger partial charge < -0.3 is 4.90 Å². The quantitative estimate of drug-likeness (QED) is 0.733. The molecule has 0 spiro atoms. The Morgan fingerprint density at radius 3 is 2.59 bits per heavy atom.